The van der Waals surface area contributed by atoms with Gasteiger partial charge >= 0.3 is 0 Å². The summed E-state index contributed by atoms with van der Waals surface area (Å²) >= 11 is 1.27. The molecule has 0 atom stereocenters. The molecule has 0 radical (unpaired) electrons. The Labute approximate surface area is 166 Å². The van der Waals surface area contributed by atoms with Crippen molar-refractivity contribution in [1.82, 2.24) is 4.57 Å². The summed E-state index contributed by atoms with van der Waals surface area (Å²) in [5.74, 6) is 0.548. The molecule has 2 aromatic carbocycles. The summed E-state index contributed by atoms with van der Waals surface area (Å²) < 4.78 is 38.0. The summed E-state index contributed by atoms with van der Waals surface area (Å²) in [5.41, 5.74) is 0.800. The minimum absolute atomic E-state index is 0.00910. The monoisotopic (exact) mass is 420 g/mol. The zero-order valence-corrected chi connectivity index (χ0v) is 17.6. The number of aryl methyl sites for hydroxylation is 1. The molecule has 3 rings (SSSR count). The third-order valence-electron chi connectivity index (χ3n) is 4.34. The Morgan fingerprint density at radius 1 is 1.11 bits per heavy atom. The Hall–Kier alpha value is -2.65. The highest BCUT2D eigenvalue weighted by molar-refractivity contribution is 7.91. The number of rotatable bonds is 5. The Morgan fingerprint density at radius 2 is 1.75 bits per heavy atom. The van der Waals surface area contributed by atoms with E-state index in [0.717, 1.165) is 10.2 Å². The maximum absolute atomic E-state index is 12.8. The molecule has 1 heterocycles. The molecule has 0 aliphatic rings. The number of hydrogen-bond donors (Lipinski definition) is 0. The van der Waals surface area contributed by atoms with Crippen molar-refractivity contribution in [3.63, 3.8) is 0 Å². The minimum Gasteiger partial charge on any atom is -0.495 e. The summed E-state index contributed by atoms with van der Waals surface area (Å²) in [6.07, 6.45) is 0. The molecule has 148 valence electrons. The van der Waals surface area contributed by atoms with Gasteiger partial charge in [0.05, 0.1) is 30.4 Å². The first kappa shape index (κ1) is 20.1. The number of aromatic nitrogens is 1. The number of nitrogens with zero attached hydrogens (tertiary/aromatic N) is 2. The molecule has 0 aliphatic carbocycles. The van der Waals surface area contributed by atoms with E-state index >= 15 is 0 Å². The summed E-state index contributed by atoms with van der Waals surface area (Å²) in [6.45, 7) is 1.54. The van der Waals surface area contributed by atoms with E-state index in [1.807, 2.05) is 0 Å². The van der Waals surface area contributed by atoms with Gasteiger partial charge in [-0.3, -0.25) is 4.79 Å². The SMILES string of the molecule is CCS(=O)(=O)c1ccccc1C(=O)N=c1sc2c(OC)ccc(OC)c2n1C. The second-order valence-electron chi connectivity index (χ2n) is 5.91. The molecule has 0 bridgehead atoms. The largest absolute Gasteiger partial charge is 0.495 e. The number of fused-ring (bicyclic) bond motifs is 1. The van der Waals surface area contributed by atoms with Crippen LogP contribution >= 0.6 is 11.3 Å². The van der Waals surface area contributed by atoms with Crippen molar-refractivity contribution in [3.05, 3.63) is 46.8 Å². The lowest BCUT2D eigenvalue weighted by Gasteiger charge is -2.07. The fourth-order valence-electron chi connectivity index (χ4n) is 2.85. The second kappa shape index (κ2) is 7.76. The molecule has 9 heteroatoms. The molecule has 0 aliphatic heterocycles. The molecule has 0 N–H and O–H groups in total. The first-order valence-electron chi connectivity index (χ1n) is 8.45. The van der Waals surface area contributed by atoms with Crippen LogP contribution in [0.3, 0.4) is 0 Å². The highest BCUT2D eigenvalue weighted by atomic mass is 32.2. The molecule has 1 amide bonds. The van der Waals surface area contributed by atoms with Gasteiger partial charge < -0.3 is 14.0 Å². The first-order chi connectivity index (χ1) is 13.3. The van der Waals surface area contributed by atoms with Crippen LogP contribution in [0, 0.1) is 0 Å². The molecule has 28 heavy (non-hydrogen) atoms. The predicted molar refractivity (Wildman–Crippen MR) is 108 cm³/mol. The predicted octanol–water partition coefficient (Wildman–Crippen LogP) is 2.79. The topological polar surface area (TPSA) is 87.0 Å². The van der Waals surface area contributed by atoms with Crippen LogP contribution in [0.4, 0.5) is 0 Å². The van der Waals surface area contributed by atoms with Crippen LogP contribution in [0.25, 0.3) is 10.2 Å². The lowest BCUT2D eigenvalue weighted by Crippen LogP contribution is -2.16. The van der Waals surface area contributed by atoms with E-state index in [1.54, 1.807) is 50.1 Å². The number of ether oxygens (including phenoxy) is 2. The van der Waals surface area contributed by atoms with E-state index in [1.165, 1.54) is 30.4 Å². The van der Waals surface area contributed by atoms with Crippen LogP contribution in [0.1, 0.15) is 17.3 Å². The summed E-state index contributed by atoms with van der Waals surface area (Å²) in [7, 11) is 1.35. The lowest BCUT2D eigenvalue weighted by molar-refractivity contribution is 0.0995. The molecule has 0 spiro atoms. The number of hydrogen-bond acceptors (Lipinski definition) is 6. The Bertz CT molecular complexity index is 1220. The molecule has 0 fully saturated rings. The van der Waals surface area contributed by atoms with E-state index in [4.69, 9.17) is 9.47 Å². The number of carbonyl (C=O) groups excluding carboxylic acids is 1. The molecule has 1 aromatic heterocycles. The second-order valence-corrected chi connectivity index (χ2v) is 9.13. The highest BCUT2D eigenvalue weighted by Crippen LogP contribution is 2.34. The van der Waals surface area contributed by atoms with Crippen LogP contribution in [-0.4, -0.2) is 38.9 Å². The average Bonchev–Trinajstić information content (AvgIpc) is 3.03. The number of thiazole rings is 1. The van der Waals surface area contributed by atoms with Crippen molar-refractivity contribution >= 4 is 37.3 Å². The molecule has 0 saturated carbocycles. The van der Waals surface area contributed by atoms with E-state index in [-0.39, 0.29) is 16.2 Å². The molecule has 7 nitrogen and oxygen atoms in total. The maximum Gasteiger partial charge on any atom is 0.280 e. The average molecular weight is 421 g/mol. The summed E-state index contributed by atoms with van der Waals surface area (Å²) in [5, 5.41) is 0. The van der Waals surface area contributed by atoms with Crippen molar-refractivity contribution in [1.29, 1.82) is 0 Å². The quantitative estimate of drug-likeness (QED) is 0.633. The van der Waals surface area contributed by atoms with Crippen molar-refractivity contribution < 1.29 is 22.7 Å². The minimum atomic E-state index is -3.55. The smallest absolute Gasteiger partial charge is 0.280 e. The molecule has 0 unspecified atom stereocenters. The van der Waals surface area contributed by atoms with E-state index in [2.05, 4.69) is 4.99 Å². The van der Waals surface area contributed by atoms with Gasteiger partial charge in [-0.15, -0.1) is 0 Å². The zero-order valence-electron chi connectivity index (χ0n) is 15.9. The van der Waals surface area contributed by atoms with Crippen molar-refractivity contribution in [2.45, 2.75) is 11.8 Å². The fourth-order valence-corrected chi connectivity index (χ4v) is 5.06. The Kier molecular flexibility index (Phi) is 5.57. The van der Waals surface area contributed by atoms with Gasteiger partial charge in [0, 0.05) is 7.05 Å². The van der Waals surface area contributed by atoms with Gasteiger partial charge in [0.1, 0.15) is 21.7 Å². The van der Waals surface area contributed by atoms with Gasteiger partial charge in [0.2, 0.25) is 0 Å². The van der Waals surface area contributed by atoms with Crippen LogP contribution < -0.4 is 14.3 Å². The molecular weight excluding hydrogens is 400 g/mol. The Balaban J connectivity index is 2.22. The van der Waals surface area contributed by atoms with E-state index < -0.39 is 15.7 Å². The van der Waals surface area contributed by atoms with E-state index in [9.17, 15) is 13.2 Å². The lowest BCUT2D eigenvalue weighted by atomic mass is 10.2. The number of methoxy groups -OCH3 is 2. The van der Waals surface area contributed by atoms with Crippen molar-refractivity contribution in [3.8, 4) is 11.5 Å². The highest BCUT2D eigenvalue weighted by Gasteiger charge is 2.21. The molecule has 0 saturated heterocycles. The van der Waals surface area contributed by atoms with Crippen LogP contribution in [-0.2, 0) is 16.9 Å². The third kappa shape index (κ3) is 3.43. The Morgan fingerprint density at radius 3 is 2.39 bits per heavy atom. The summed E-state index contributed by atoms with van der Waals surface area (Å²) in [4.78, 5) is 17.4. The standard InChI is InChI=1S/C19H20N2O5S2/c1-5-28(23,24)15-9-7-6-8-12(15)18(22)20-19-21(2)16-13(25-3)10-11-14(26-4)17(16)27-19/h6-11H,5H2,1-4H3. The summed E-state index contributed by atoms with van der Waals surface area (Å²) in [6, 6.07) is 9.68. The van der Waals surface area contributed by atoms with Crippen molar-refractivity contribution in [2.75, 3.05) is 20.0 Å². The normalized spacial score (nSPS) is 12.4. The number of sulfone groups is 1. The zero-order chi connectivity index (χ0) is 20.5. The number of benzene rings is 2. The van der Waals surface area contributed by atoms with E-state index in [0.29, 0.717) is 16.3 Å². The fraction of sp³-hybridized carbons (Fsp3) is 0.263. The first-order valence-corrected chi connectivity index (χ1v) is 10.9. The van der Waals surface area contributed by atoms with Crippen molar-refractivity contribution in [2.24, 2.45) is 12.0 Å². The van der Waals surface area contributed by atoms with Crippen LogP contribution in [0.15, 0.2) is 46.3 Å². The molecule has 3 aromatic rings. The van der Waals surface area contributed by atoms with Gasteiger partial charge in [-0.05, 0) is 24.3 Å². The number of amides is 1. The van der Waals surface area contributed by atoms with Gasteiger partial charge in [0.15, 0.2) is 14.6 Å². The molecular formula is C19H20N2O5S2. The maximum atomic E-state index is 12.8. The van der Waals surface area contributed by atoms with Gasteiger partial charge in [0.25, 0.3) is 5.91 Å². The van der Waals surface area contributed by atoms with Gasteiger partial charge in [-0.1, -0.05) is 30.4 Å². The van der Waals surface area contributed by atoms with Crippen LogP contribution in [0.2, 0.25) is 0 Å². The van der Waals surface area contributed by atoms with Gasteiger partial charge in [-0.25, -0.2) is 8.42 Å². The third-order valence-corrected chi connectivity index (χ3v) is 7.28. The number of carbonyl (C=O) groups is 1. The van der Waals surface area contributed by atoms with Crippen LogP contribution in [0.5, 0.6) is 11.5 Å². The van der Waals surface area contributed by atoms with Gasteiger partial charge in [-0.2, -0.15) is 4.99 Å².